The first-order valence-electron chi connectivity index (χ1n) is 8.30. The van der Waals surface area contributed by atoms with Crippen molar-refractivity contribution in [2.75, 3.05) is 18.9 Å². The number of benzene rings is 2. The Hall–Kier alpha value is -2.29. The standard InChI is InChI=1S/C19H19Cl2NO6S/c1-11-4-7-16(12(8-11)9-17(23)27-2)22-29(25,26)10-14-13(19(24)28-3)5-6-15(20)18(14)21/h4-8,22H,9-10H2,1-3H3. The molecule has 10 heteroatoms. The van der Waals surface area contributed by atoms with E-state index in [2.05, 4.69) is 14.2 Å². The molecular weight excluding hydrogens is 441 g/mol. The third kappa shape index (κ3) is 5.85. The van der Waals surface area contributed by atoms with Crippen molar-refractivity contribution < 1.29 is 27.5 Å². The maximum Gasteiger partial charge on any atom is 0.338 e. The SMILES string of the molecule is COC(=O)Cc1cc(C)ccc1NS(=O)(=O)Cc1c(C(=O)OC)ccc(Cl)c1Cl. The van der Waals surface area contributed by atoms with Gasteiger partial charge in [0, 0.05) is 5.56 Å². The smallest absolute Gasteiger partial charge is 0.338 e. The van der Waals surface area contributed by atoms with Gasteiger partial charge in [-0.15, -0.1) is 0 Å². The third-order valence-corrected chi connectivity index (χ3v) is 6.07. The third-order valence-electron chi connectivity index (χ3n) is 4.02. The van der Waals surface area contributed by atoms with Gasteiger partial charge in [-0.05, 0) is 30.7 Å². The Morgan fingerprint density at radius 2 is 1.76 bits per heavy atom. The first-order chi connectivity index (χ1) is 13.6. The number of carbonyl (C=O) groups excluding carboxylic acids is 2. The summed E-state index contributed by atoms with van der Waals surface area (Å²) in [5.74, 6) is -1.88. The number of ether oxygens (including phenoxy) is 2. The molecule has 0 heterocycles. The van der Waals surface area contributed by atoms with Crippen LogP contribution in [0.4, 0.5) is 5.69 Å². The zero-order valence-corrected chi connectivity index (χ0v) is 18.2. The summed E-state index contributed by atoms with van der Waals surface area (Å²) in [7, 11) is -1.60. The highest BCUT2D eigenvalue weighted by Gasteiger charge is 2.23. The number of nitrogens with one attached hydrogen (secondary N) is 1. The van der Waals surface area contributed by atoms with Crippen molar-refractivity contribution in [1.82, 2.24) is 0 Å². The topological polar surface area (TPSA) is 98.8 Å². The first kappa shape index (κ1) is 23.0. The summed E-state index contributed by atoms with van der Waals surface area (Å²) >= 11 is 12.1. The lowest BCUT2D eigenvalue weighted by Crippen LogP contribution is -2.19. The predicted molar refractivity (Wildman–Crippen MR) is 111 cm³/mol. The van der Waals surface area contributed by atoms with Crippen molar-refractivity contribution in [2.45, 2.75) is 19.1 Å². The molecule has 7 nitrogen and oxygen atoms in total. The van der Waals surface area contributed by atoms with Crippen LogP contribution >= 0.6 is 23.2 Å². The molecule has 29 heavy (non-hydrogen) atoms. The highest BCUT2D eigenvalue weighted by atomic mass is 35.5. The second kappa shape index (κ2) is 9.47. The summed E-state index contributed by atoms with van der Waals surface area (Å²) in [6.45, 7) is 1.81. The van der Waals surface area contributed by atoms with Gasteiger partial charge in [-0.3, -0.25) is 9.52 Å². The summed E-state index contributed by atoms with van der Waals surface area (Å²) in [6.07, 6.45) is -0.110. The molecule has 0 amide bonds. The number of carbonyl (C=O) groups is 2. The molecule has 156 valence electrons. The maximum atomic E-state index is 12.8. The van der Waals surface area contributed by atoms with Crippen LogP contribution in [0.1, 0.15) is 27.0 Å². The van der Waals surface area contributed by atoms with Gasteiger partial charge in [0.15, 0.2) is 0 Å². The van der Waals surface area contributed by atoms with Crippen LogP contribution in [-0.2, 0) is 36.5 Å². The van der Waals surface area contributed by atoms with E-state index < -0.39 is 27.7 Å². The van der Waals surface area contributed by atoms with E-state index in [-0.39, 0.29) is 33.3 Å². The molecule has 1 N–H and O–H groups in total. The lowest BCUT2D eigenvalue weighted by Gasteiger charge is -2.15. The number of halogens is 2. The van der Waals surface area contributed by atoms with E-state index in [0.29, 0.717) is 5.56 Å². The van der Waals surface area contributed by atoms with Gasteiger partial charge in [0.05, 0.1) is 47.7 Å². The average Bonchev–Trinajstić information content (AvgIpc) is 2.66. The molecule has 0 unspecified atom stereocenters. The number of methoxy groups -OCH3 is 2. The van der Waals surface area contributed by atoms with E-state index in [4.69, 9.17) is 23.2 Å². The van der Waals surface area contributed by atoms with Gasteiger partial charge in [0.25, 0.3) is 0 Å². The Balaban J connectivity index is 2.41. The van der Waals surface area contributed by atoms with Crippen LogP contribution in [0.2, 0.25) is 10.0 Å². The molecule has 2 aromatic carbocycles. The predicted octanol–water partition coefficient (Wildman–Crippen LogP) is 3.75. The Bertz CT molecular complexity index is 1050. The van der Waals surface area contributed by atoms with Crippen LogP contribution in [0.3, 0.4) is 0 Å². The van der Waals surface area contributed by atoms with Crippen LogP contribution in [0.25, 0.3) is 0 Å². The molecule has 0 bridgehead atoms. The fourth-order valence-corrected chi connectivity index (χ4v) is 4.40. The Morgan fingerprint density at radius 3 is 2.38 bits per heavy atom. The second-order valence-electron chi connectivity index (χ2n) is 6.15. The molecule has 0 aliphatic rings. The highest BCUT2D eigenvalue weighted by Crippen LogP contribution is 2.31. The second-order valence-corrected chi connectivity index (χ2v) is 8.66. The Labute approximate surface area is 179 Å². The lowest BCUT2D eigenvalue weighted by molar-refractivity contribution is -0.139. The lowest BCUT2D eigenvalue weighted by atomic mass is 10.1. The summed E-state index contributed by atoms with van der Waals surface area (Å²) in [4.78, 5) is 23.7. The van der Waals surface area contributed by atoms with Crippen molar-refractivity contribution in [2.24, 2.45) is 0 Å². The highest BCUT2D eigenvalue weighted by molar-refractivity contribution is 7.91. The minimum atomic E-state index is -4.02. The van der Waals surface area contributed by atoms with Gasteiger partial charge in [0.1, 0.15) is 0 Å². The van der Waals surface area contributed by atoms with Gasteiger partial charge >= 0.3 is 11.9 Å². The fraction of sp³-hybridized carbons (Fsp3) is 0.263. The van der Waals surface area contributed by atoms with E-state index in [1.165, 1.54) is 26.4 Å². The summed E-state index contributed by atoms with van der Waals surface area (Å²) in [5, 5.41) is 0.0462. The van der Waals surface area contributed by atoms with Crippen molar-refractivity contribution in [3.05, 3.63) is 62.6 Å². The number of aryl methyl sites for hydroxylation is 1. The average molecular weight is 460 g/mol. The van der Waals surface area contributed by atoms with E-state index >= 15 is 0 Å². The van der Waals surface area contributed by atoms with Gasteiger partial charge in [0.2, 0.25) is 10.0 Å². The van der Waals surface area contributed by atoms with Crippen molar-refractivity contribution in [3.63, 3.8) is 0 Å². The van der Waals surface area contributed by atoms with E-state index in [9.17, 15) is 18.0 Å². The molecule has 0 atom stereocenters. The molecule has 2 rings (SSSR count). The largest absolute Gasteiger partial charge is 0.469 e. The zero-order chi connectivity index (χ0) is 21.8. The number of rotatable bonds is 7. The van der Waals surface area contributed by atoms with Crippen LogP contribution in [0.5, 0.6) is 0 Å². The number of anilines is 1. The molecule has 0 aromatic heterocycles. The molecule has 0 spiro atoms. The van der Waals surface area contributed by atoms with Crippen LogP contribution in [-0.4, -0.2) is 34.6 Å². The maximum absolute atomic E-state index is 12.8. The number of hydrogen-bond acceptors (Lipinski definition) is 6. The number of esters is 2. The molecule has 0 aliphatic carbocycles. The minimum absolute atomic E-state index is 0.00837. The molecule has 0 fully saturated rings. The normalized spacial score (nSPS) is 11.1. The van der Waals surface area contributed by atoms with Crippen molar-refractivity contribution >= 4 is 50.9 Å². The molecular formula is C19H19Cl2NO6S. The van der Waals surface area contributed by atoms with Gasteiger partial charge in [-0.2, -0.15) is 0 Å². The molecule has 0 aliphatic heterocycles. The van der Waals surface area contributed by atoms with Gasteiger partial charge in [-0.1, -0.05) is 40.9 Å². The summed E-state index contributed by atoms with van der Waals surface area (Å²) in [6, 6.07) is 7.66. The molecule has 0 saturated carbocycles. The minimum Gasteiger partial charge on any atom is -0.469 e. The Kier molecular flexibility index (Phi) is 7.51. The van der Waals surface area contributed by atoms with Crippen LogP contribution in [0, 0.1) is 6.92 Å². The number of sulfonamides is 1. The van der Waals surface area contributed by atoms with E-state index in [1.54, 1.807) is 18.2 Å². The van der Waals surface area contributed by atoms with E-state index in [1.807, 2.05) is 6.92 Å². The van der Waals surface area contributed by atoms with E-state index in [0.717, 1.165) is 5.56 Å². The Morgan fingerprint density at radius 1 is 1.07 bits per heavy atom. The first-order valence-corrected chi connectivity index (χ1v) is 10.7. The van der Waals surface area contributed by atoms with Crippen LogP contribution in [0.15, 0.2) is 30.3 Å². The molecule has 2 aromatic rings. The monoisotopic (exact) mass is 459 g/mol. The van der Waals surface area contributed by atoms with Crippen molar-refractivity contribution in [1.29, 1.82) is 0 Å². The zero-order valence-electron chi connectivity index (χ0n) is 15.9. The molecule has 0 radical (unpaired) electrons. The quantitative estimate of drug-likeness (QED) is 0.632. The number of hydrogen-bond donors (Lipinski definition) is 1. The van der Waals surface area contributed by atoms with Crippen molar-refractivity contribution in [3.8, 4) is 0 Å². The van der Waals surface area contributed by atoms with Crippen LogP contribution < -0.4 is 4.72 Å². The molecule has 0 saturated heterocycles. The summed E-state index contributed by atoms with van der Waals surface area (Å²) in [5.41, 5.74) is 1.52. The van der Waals surface area contributed by atoms with Gasteiger partial charge in [-0.25, -0.2) is 13.2 Å². The van der Waals surface area contributed by atoms with Gasteiger partial charge < -0.3 is 9.47 Å². The summed E-state index contributed by atoms with van der Waals surface area (Å²) < 4.78 is 37.4. The fourth-order valence-electron chi connectivity index (χ4n) is 2.62.